The number of aromatic hydroxyl groups is 2. The summed E-state index contributed by atoms with van der Waals surface area (Å²) in [5.74, 6) is -0.642. The van der Waals surface area contributed by atoms with Gasteiger partial charge in [0.15, 0.2) is 11.6 Å². The third kappa shape index (κ3) is 4.86. The average Bonchev–Trinajstić information content (AvgIpc) is 2.72. The van der Waals surface area contributed by atoms with E-state index in [9.17, 15) is 19.8 Å². The van der Waals surface area contributed by atoms with Crippen LogP contribution in [0, 0.1) is 0 Å². The van der Waals surface area contributed by atoms with E-state index in [1.165, 1.54) is 37.5 Å². The number of phenols is 2. The van der Waals surface area contributed by atoms with E-state index in [-0.39, 0.29) is 22.6 Å². The van der Waals surface area contributed by atoms with E-state index in [0.29, 0.717) is 25.0 Å². The van der Waals surface area contributed by atoms with Gasteiger partial charge < -0.3 is 14.9 Å². The number of phenolic OH excluding ortho intramolecular Hbond substituents is 2. The summed E-state index contributed by atoms with van der Waals surface area (Å²) in [6.45, 7) is 2.89. The molecule has 2 N–H and O–H groups in total. The van der Waals surface area contributed by atoms with Crippen LogP contribution in [0.3, 0.4) is 0 Å². The van der Waals surface area contributed by atoms with Crippen molar-refractivity contribution in [3.05, 3.63) is 64.7 Å². The van der Waals surface area contributed by atoms with Gasteiger partial charge in [-0.05, 0) is 55.2 Å². The van der Waals surface area contributed by atoms with Crippen molar-refractivity contribution < 1.29 is 24.5 Å². The van der Waals surface area contributed by atoms with Crippen molar-refractivity contribution in [1.82, 2.24) is 0 Å². The number of ketones is 2. The molecule has 152 valence electrons. The number of benzene rings is 2. The molecule has 0 amide bonds. The standard InChI is InChI=1S/C24H26O5/c1-2-3-4-5-14-29-18-10-7-16(8-11-18)6-9-17-15-21(27)22-19(25)12-13-20(26)23(22)24(17)28/h7-8,10-13,15,25-26H,2-6,9,14H2,1H3. The van der Waals surface area contributed by atoms with Crippen molar-refractivity contribution in [2.24, 2.45) is 0 Å². The molecule has 0 bridgehead atoms. The van der Waals surface area contributed by atoms with Gasteiger partial charge in [-0.15, -0.1) is 0 Å². The van der Waals surface area contributed by atoms with Crippen molar-refractivity contribution in [3.63, 3.8) is 0 Å². The van der Waals surface area contributed by atoms with Crippen LogP contribution < -0.4 is 4.74 Å². The number of carbonyl (C=O) groups excluding carboxylic acids is 2. The first-order valence-corrected chi connectivity index (χ1v) is 10.1. The van der Waals surface area contributed by atoms with Gasteiger partial charge in [-0.3, -0.25) is 9.59 Å². The SMILES string of the molecule is CCCCCCOc1ccc(CCC2=CC(=O)c3c(O)ccc(O)c3C2=O)cc1. The monoisotopic (exact) mass is 394 g/mol. The van der Waals surface area contributed by atoms with E-state index < -0.39 is 11.6 Å². The first kappa shape index (κ1) is 20.6. The first-order valence-electron chi connectivity index (χ1n) is 10.1. The predicted octanol–water partition coefficient (Wildman–Crippen LogP) is 5.00. The number of allylic oxidation sites excluding steroid dienone is 2. The van der Waals surface area contributed by atoms with Crippen molar-refractivity contribution in [1.29, 1.82) is 0 Å². The third-order valence-corrected chi connectivity index (χ3v) is 5.10. The molecule has 0 unspecified atom stereocenters. The van der Waals surface area contributed by atoms with Gasteiger partial charge in [0.2, 0.25) is 0 Å². The number of hydrogen-bond donors (Lipinski definition) is 2. The zero-order chi connectivity index (χ0) is 20.8. The Kier molecular flexibility index (Phi) is 6.70. The second-order valence-electron chi connectivity index (χ2n) is 7.27. The maximum atomic E-state index is 12.7. The number of hydrogen-bond acceptors (Lipinski definition) is 5. The Bertz CT molecular complexity index is 925. The molecule has 0 saturated carbocycles. The Morgan fingerprint density at radius 2 is 1.52 bits per heavy atom. The molecule has 0 atom stereocenters. The van der Waals surface area contributed by atoms with Crippen LogP contribution in [0.2, 0.25) is 0 Å². The Morgan fingerprint density at radius 3 is 2.21 bits per heavy atom. The lowest BCUT2D eigenvalue weighted by Crippen LogP contribution is -2.18. The lowest BCUT2D eigenvalue weighted by atomic mass is 9.86. The summed E-state index contributed by atoms with van der Waals surface area (Å²) in [4.78, 5) is 25.0. The molecule has 0 saturated heterocycles. The first-order chi connectivity index (χ1) is 14.0. The van der Waals surface area contributed by atoms with Crippen LogP contribution in [0.4, 0.5) is 0 Å². The highest BCUT2D eigenvalue weighted by Gasteiger charge is 2.30. The number of ether oxygens (including phenoxy) is 1. The number of rotatable bonds is 9. The largest absolute Gasteiger partial charge is 0.507 e. The van der Waals surface area contributed by atoms with Gasteiger partial charge in [-0.2, -0.15) is 0 Å². The highest BCUT2D eigenvalue weighted by molar-refractivity contribution is 6.26. The molecule has 0 aliphatic heterocycles. The zero-order valence-corrected chi connectivity index (χ0v) is 16.6. The summed E-state index contributed by atoms with van der Waals surface area (Å²) < 4.78 is 5.73. The van der Waals surface area contributed by atoms with Gasteiger partial charge >= 0.3 is 0 Å². The number of Topliss-reactive ketones (excluding diaryl/α,β-unsaturated/α-hetero) is 1. The van der Waals surface area contributed by atoms with Crippen LogP contribution >= 0.6 is 0 Å². The van der Waals surface area contributed by atoms with E-state index in [1.807, 2.05) is 24.3 Å². The smallest absolute Gasteiger partial charge is 0.193 e. The molecule has 5 heteroatoms. The minimum absolute atomic E-state index is 0.112. The second-order valence-corrected chi connectivity index (χ2v) is 7.27. The van der Waals surface area contributed by atoms with Crippen molar-refractivity contribution in [3.8, 4) is 17.2 Å². The fourth-order valence-electron chi connectivity index (χ4n) is 3.45. The summed E-state index contributed by atoms with van der Waals surface area (Å²) in [6.07, 6.45) is 6.86. The molecule has 2 aromatic rings. The van der Waals surface area contributed by atoms with Gasteiger partial charge in [0.1, 0.15) is 17.2 Å². The molecule has 1 aliphatic rings. The van der Waals surface area contributed by atoms with E-state index in [4.69, 9.17) is 4.74 Å². The van der Waals surface area contributed by atoms with E-state index in [0.717, 1.165) is 17.7 Å². The molecule has 0 spiro atoms. The van der Waals surface area contributed by atoms with Gasteiger partial charge in [0.25, 0.3) is 0 Å². The predicted molar refractivity (Wildman–Crippen MR) is 111 cm³/mol. The molecule has 2 aromatic carbocycles. The fraction of sp³-hybridized carbons (Fsp3) is 0.333. The lowest BCUT2D eigenvalue weighted by Gasteiger charge is -2.17. The average molecular weight is 394 g/mol. The molecule has 0 heterocycles. The molecule has 5 nitrogen and oxygen atoms in total. The summed E-state index contributed by atoms with van der Waals surface area (Å²) >= 11 is 0. The topological polar surface area (TPSA) is 83.8 Å². The quantitative estimate of drug-likeness (QED) is 0.462. The van der Waals surface area contributed by atoms with Gasteiger partial charge in [0.05, 0.1) is 17.7 Å². The van der Waals surface area contributed by atoms with Crippen LogP contribution in [-0.2, 0) is 6.42 Å². The maximum Gasteiger partial charge on any atom is 0.193 e. The minimum Gasteiger partial charge on any atom is -0.507 e. The Labute approximate surface area is 170 Å². The van der Waals surface area contributed by atoms with Crippen molar-refractivity contribution >= 4 is 11.6 Å². The Hall–Kier alpha value is -3.08. The van der Waals surface area contributed by atoms with Crippen LogP contribution in [0.5, 0.6) is 17.2 Å². The molecule has 29 heavy (non-hydrogen) atoms. The Morgan fingerprint density at radius 1 is 0.828 bits per heavy atom. The highest BCUT2D eigenvalue weighted by atomic mass is 16.5. The molecule has 0 radical (unpaired) electrons. The van der Waals surface area contributed by atoms with Gasteiger partial charge in [0, 0.05) is 5.57 Å². The number of unbranched alkanes of at least 4 members (excludes halogenated alkanes) is 3. The van der Waals surface area contributed by atoms with E-state index in [2.05, 4.69) is 6.92 Å². The lowest BCUT2D eigenvalue weighted by molar-refractivity contribution is 0.0976. The number of aryl methyl sites for hydroxylation is 1. The summed E-state index contributed by atoms with van der Waals surface area (Å²) in [7, 11) is 0. The van der Waals surface area contributed by atoms with Crippen LogP contribution in [0.25, 0.3) is 0 Å². The van der Waals surface area contributed by atoms with Gasteiger partial charge in [-0.25, -0.2) is 0 Å². The van der Waals surface area contributed by atoms with Gasteiger partial charge in [-0.1, -0.05) is 38.3 Å². The van der Waals surface area contributed by atoms with E-state index >= 15 is 0 Å². The number of fused-ring (bicyclic) bond motifs is 1. The molecular formula is C24H26O5. The van der Waals surface area contributed by atoms with Crippen LogP contribution in [-0.4, -0.2) is 28.4 Å². The van der Waals surface area contributed by atoms with E-state index in [1.54, 1.807) is 0 Å². The summed E-state index contributed by atoms with van der Waals surface area (Å²) in [5.41, 5.74) is 1.12. The Balaban J connectivity index is 1.60. The highest BCUT2D eigenvalue weighted by Crippen LogP contribution is 2.35. The van der Waals surface area contributed by atoms with Crippen LogP contribution in [0.15, 0.2) is 48.0 Å². The van der Waals surface area contributed by atoms with Crippen molar-refractivity contribution in [2.45, 2.75) is 45.4 Å². The number of carbonyl (C=O) groups is 2. The third-order valence-electron chi connectivity index (χ3n) is 5.10. The minimum atomic E-state index is -0.463. The normalized spacial score (nSPS) is 13.2. The zero-order valence-electron chi connectivity index (χ0n) is 16.6. The molecule has 1 aliphatic carbocycles. The molecule has 3 rings (SSSR count). The summed E-state index contributed by atoms with van der Waals surface area (Å²) in [6, 6.07) is 10.2. The fourth-order valence-corrected chi connectivity index (χ4v) is 3.45. The molecular weight excluding hydrogens is 368 g/mol. The van der Waals surface area contributed by atoms with Crippen molar-refractivity contribution in [2.75, 3.05) is 6.61 Å². The maximum absolute atomic E-state index is 12.7. The molecule has 0 aromatic heterocycles. The van der Waals surface area contributed by atoms with Crippen LogP contribution in [0.1, 0.15) is 65.3 Å². The summed E-state index contributed by atoms with van der Waals surface area (Å²) in [5, 5.41) is 19.9. The molecule has 0 fully saturated rings. The second kappa shape index (κ2) is 9.41.